The fourth-order valence-corrected chi connectivity index (χ4v) is 3.48. The lowest BCUT2D eigenvalue weighted by Crippen LogP contribution is -2.28. The number of aromatic nitrogens is 1. The Kier molecular flexibility index (Phi) is 8.42. The number of carbonyl (C=O) groups is 3. The molecule has 11 heteroatoms. The van der Waals surface area contributed by atoms with E-state index in [0.29, 0.717) is 28.9 Å². The molecule has 3 amide bonds. The van der Waals surface area contributed by atoms with Crippen LogP contribution in [-0.4, -0.2) is 43.0 Å². The number of methoxy groups -OCH3 is 1. The maximum absolute atomic E-state index is 12.3. The van der Waals surface area contributed by atoms with Crippen molar-refractivity contribution in [2.24, 2.45) is 0 Å². The molecule has 3 N–H and O–H groups in total. The predicted octanol–water partition coefficient (Wildman–Crippen LogP) is 2.37. The van der Waals surface area contributed by atoms with Gasteiger partial charge in [0.25, 0.3) is 11.8 Å². The van der Waals surface area contributed by atoms with Gasteiger partial charge in [0.15, 0.2) is 29.0 Å². The van der Waals surface area contributed by atoms with Crippen molar-refractivity contribution in [1.82, 2.24) is 15.6 Å². The molecule has 3 rings (SSSR count). The first-order valence-corrected chi connectivity index (χ1v) is 11.0. The van der Waals surface area contributed by atoms with Crippen LogP contribution in [0.3, 0.4) is 0 Å². The summed E-state index contributed by atoms with van der Waals surface area (Å²) < 4.78 is 15.8. The number of hydrogen-bond donors (Lipinski definition) is 3. The molecule has 0 spiro atoms. The Morgan fingerprint density at radius 1 is 1.12 bits per heavy atom. The number of nitrogens with one attached hydrogen (secondary N) is 3. The van der Waals surface area contributed by atoms with Gasteiger partial charge in [0, 0.05) is 18.5 Å². The van der Waals surface area contributed by atoms with Gasteiger partial charge in [0.2, 0.25) is 5.91 Å². The van der Waals surface area contributed by atoms with Crippen molar-refractivity contribution in [1.29, 1.82) is 0 Å². The molecule has 1 aromatic carbocycles. The number of anilines is 1. The van der Waals surface area contributed by atoms with Crippen molar-refractivity contribution in [3.8, 4) is 11.5 Å². The molecular formula is C22H24N4O6S. The first-order valence-electron chi connectivity index (χ1n) is 10.1. The van der Waals surface area contributed by atoms with Crippen LogP contribution in [0.5, 0.6) is 11.5 Å². The van der Waals surface area contributed by atoms with Gasteiger partial charge in [-0.05, 0) is 36.8 Å². The lowest BCUT2D eigenvalue weighted by atomic mass is 10.2. The summed E-state index contributed by atoms with van der Waals surface area (Å²) in [4.78, 5) is 40.1. The second-order valence-electron chi connectivity index (χ2n) is 6.76. The second kappa shape index (κ2) is 11.7. The summed E-state index contributed by atoms with van der Waals surface area (Å²) in [6.45, 7) is 2.52. The van der Waals surface area contributed by atoms with E-state index in [4.69, 9.17) is 13.9 Å². The highest BCUT2D eigenvalue weighted by molar-refractivity contribution is 7.14. The van der Waals surface area contributed by atoms with Gasteiger partial charge in [-0.15, -0.1) is 11.3 Å². The number of ether oxygens (including phenoxy) is 2. The third-order valence-corrected chi connectivity index (χ3v) is 5.12. The molecule has 0 aliphatic carbocycles. The van der Waals surface area contributed by atoms with E-state index in [-0.39, 0.29) is 37.1 Å². The van der Waals surface area contributed by atoms with Crippen molar-refractivity contribution in [3.63, 3.8) is 0 Å². The molecule has 0 aliphatic heterocycles. The summed E-state index contributed by atoms with van der Waals surface area (Å²) in [6, 6.07) is 8.37. The molecule has 0 radical (unpaired) electrons. The van der Waals surface area contributed by atoms with Gasteiger partial charge in [-0.25, -0.2) is 4.98 Å². The summed E-state index contributed by atoms with van der Waals surface area (Å²) in [7, 11) is 1.50. The van der Waals surface area contributed by atoms with E-state index in [2.05, 4.69) is 20.9 Å². The Morgan fingerprint density at radius 2 is 1.97 bits per heavy atom. The van der Waals surface area contributed by atoms with Gasteiger partial charge in [0.05, 0.1) is 25.5 Å². The highest BCUT2D eigenvalue weighted by atomic mass is 32.1. The van der Waals surface area contributed by atoms with Gasteiger partial charge < -0.3 is 24.5 Å². The monoisotopic (exact) mass is 472 g/mol. The highest BCUT2D eigenvalue weighted by Crippen LogP contribution is 2.28. The average molecular weight is 473 g/mol. The largest absolute Gasteiger partial charge is 0.493 e. The quantitative estimate of drug-likeness (QED) is 0.390. The third-order valence-electron chi connectivity index (χ3n) is 4.31. The number of thiazole rings is 1. The highest BCUT2D eigenvalue weighted by Gasteiger charge is 2.13. The van der Waals surface area contributed by atoms with Crippen LogP contribution in [0, 0.1) is 0 Å². The lowest BCUT2D eigenvalue weighted by Gasteiger charge is -2.12. The fraction of sp³-hybridized carbons (Fsp3) is 0.273. The zero-order valence-electron chi connectivity index (χ0n) is 18.2. The Labute approximate surface area is 194 Å². The van der Waals surface area contributed by atoms with Crippen LogP contribution in [0.15, 0.2) is 46.4 Å². The maximum atomic E-state index is 12.3. The molecule has 0 atom stereocenters. The minimum absolute atomic E-state index is 0.0675. The Hall–Kier alpha value is -3.86. The number of amides is 3. The molecule has 0 aliphatic rings. The smallest absolute Gasteiger partial charge is 0.293 e. The molecule has 0 saturated carbocycles. The van der Waals surface area contributed by atoms with E-state index in [9.17, 15) is 14.4 Å². The molecule has 0 unspecified atom stereocenters. The van der Waals surface area contributed by atoms with Crippen LogP contribution in [0.4, 0.5) is 5.13 Å². The van der Waals surface area contributed by atoms with Crippen molar-refractivity contribution in [3.05, 3.63) is 59.0 Å². The molecule has 33 heavy (non-hydrogen) atoms. The number of hydrogen-bond acceptors (Lipinski definition) is 8. The van der Waals surface area contributed by atoms with Crippen molar-refractivity contribution in [2.45, 2.75) is 19.9 Å². The zero-order chi connectivity index (χ0) is 23.6. The van der Waals surface area contributed by atoms with Crippen LogP contribution in [-0.2, 0) is 22.6 Å². The predicted molar refractivity (Wildman–Crippen MR) is 121 cm³/mol. The first kappa shape index (κ1) is 23.8. The topological polar surface area (TPSA) is 132 Å². The van der Waals surface area contributed by atoms with Crippen LogP contribution in [0.1, 0.15) is 28.7 Å². The van der Waals surface area contributed by atoms with Crippen molar-refractivity contribution >= 4 is 34.2 Å². The lowest BCUT2D eigenvalue weighted by molar-refractivity contribution is -0.123. The summed E-state index contributed by atoms with van der Waals surface area (Å²) >= 11 is 1.22. The number of carbonyl (C=O) groups excluding carboxylic acids is 3. The van der Waals surface area contributed by atoms with Gasteiger partial charge in [-0.3, -0.25) is 19.7 Å². The molecular weight excluding hydrogens is 448 g/mol. The number of rotatable bonds is 11. The average Bonchev–Trinajstić information content (AvgIpc) is 3.49. The summed E-state index contributed by atoms with van der Waals surface area (Å²) in [5.74, 6) is 0.229. The van der Waals surface area contributed by atoms with Gasteiger partial charge in [-0.2, -0.15) is 0 Å². The van der Waals surface area contributed by atoms with E-state index in [1.807, 2.05) is 6.92 Å². The first-order chi connectivity index (χ1) is 16.0. The third kappa shape index (κ3) is 7.07. The number of furan rings is 1. The van der Waals surface area contributed by atoms with Crippen molar-refractivity contribution < 1.29 is 28.3 Å². The summed E-state index contributed by atoms with van der Waals surface area (Å²) in [5.41, 5.74) is 1.34. The number of nitrogens with zero attached hydrogens (tertiary/aromatic N) is 1. The SMILES string of the molecule is CCNC(=O)COc1ccc(CNC(=O)Cc2csc(NC(=O)c3ccco3)n2)cc1OC. The molecule has 0 bridgehead atoms. The maximum Gasteiger partial charge on any atom is 0.293 e. The number of likely N-dealkylation sites (N-methyl/N-ethyl adjacent to an activating group) is 1. The van der Waals surface area contributed by atoms with E-state index in [0.717, 1.165) is 5.56 Å². The van der Waals surface area contributed by atoms with Gasteiger partial charge in [0.1, 0.15) is 0 Å². The normalized spacial score (nSPS) is 10.4. The number of benzene rings is 1. The minimum Gasteiger partial charge on any atom is -0.493 e. The Bertz CT molecular complexity index is 1100. The molecule has 2 heterocycles. The van der Waals surface area contributed by atoms with Crippen molar-refractivity contribution in [2.75, 3.05) is 25.6 Å². The molecule has 3 aromatic rings. The molecule has 2 aromatic heterocycles. The molecule has 0 saturated heterocycles. The van der Waals surface area contributed by atoms with E-state index < -0.39 is 5.91 Å². The van der Waals surface area contributed by atoms with Crippen LogP contribution in [0.2, 0.25) is 0 Å². The summed E-state index contributed by atoms with van der Waals surface area (Å²) in [6.07, 6.45) is 1.48. The van der Waals surface area contributed by atoms with Crippen LogP contribution < -0.4 is 25.4 Å². The molecule has 10 nitrogen and oxygen atoms in total. The summed E-state index contributed by atoms with van der Waals surface area (Å²) in [5, 5.41) is 10.2. The molecule has 174 valence electrons. The Balaban J connectivity index is 1.49. The van der Waals surface area contributed by atoms with E-state index in [1.165, 1.54) is 24.7 Å². The van der Waals surface area contributed by atoms with Gasteiger partial charge >= 0.3 is 0 Å². The molecule has 0 fully saturated rings. The fourth-order valence-electron chi connectivity index (χ4n) is 2.77. The zero-order valence-corrected chi connectivity index (χ0v) is 19.0. The van der Waals surface area contributed by atoms with Crippen LogP contribution in [0.25, 0.3) is 0 Å². The van der Waals surface area contributed by atoms with E-state index >= 15 is 0 Å². The van der Waals surface area contributed by atoms with E-state index in [1.54, 1.807) is 35.7 Å². The van der Waals surface area contributed by atoms with Crippen LogP contribution >= 0.6 is 11.3 Å². The standard InChI is InChI=1S/C22H24N4O6S/c1-3-23-20(28)12-32-16-7-6-14(9-18(16)30-2)11-24-19(27)10-15-13-33-22(25-15)26-21(29)17-5-4-8-31-17/h4-9,13H,3,10-12H2,1-2H3,(H,23,28)(H,24,27)(H,25,26,29). The second-order valence-corrected chi connectivity index (χ2v) is 7.61. The van der Waals surface area contributed by atoms with Gasteiger partial charge in [-0.1, -0.05) is 6.07 Å². The Morgan fingerprint density at radius 3 is 2.70 bits per heavy atom. The minimum atomic E-state index is -0.405.